The molecule has 0 bridgehead atoms. The Bertz CT molecular complexity index is 898. The maximum absolute atomic E-state index is 13.6. The van der Waals surface area contributed by atoms with E-state index in [4.69, 9.17) is 0 Å². The van der Waals surface area contributed by atoms with Gasteiger partial charge in [0.05, 0.1) is 0 Å². The number of amides is 1. The van der Waals surface area contributed by atoms with Gasteiger partial charge in [0.1, 0.15) is 5.82 Å². The van der Waals surface area contributed by atoms with Gasteiger partial charge in [0, 0.05) is 51.5 Å². The van der Waals surface area contributed by atoms with Crippen LogP contribution in [0.4, 0.5) is 5.82 Å². The first-order chi connectivity index (χ1) is 15.4. The summed E-state index contributed by atoms with van der Waals surface area (Å²) in [6.07, 6.45) is 7.90. The normalized spacial score (nSPS) is 21.3. The second kappa shape index (κ2) is 12.2. The molecule has 0 spiro atoms. The number of piperidine rings is 1. The number of piperazine rings is 1. The van der Waals surface area contributed by atoms with Crippen molar-refractivity contribution in [2.75, 3.05) is 44.2 Å². The average molecular weight is 539 g/mol. The van der Waals surface area contributed by atoms with Crippen LogP contribution in [0.25, 0.3) is 0 Å². The predicted molar refractivity (Wildman–Crippen MR) is 137 cm³/mol. The number of aryl methyl sites for hydroxylation is 1. The van der Waals surface area contributed by atoms with Crippen LogP contribution in [0.1, 0.15) is 51.0 Å². The van der Waals surface area contributed by atoms with Gasteiger partial charge in [-0.1, -0.05) is 19.4 Å². The molecule has 4 rings (SSSR count). The van der Waals surface area contributed by atoms with Gasteiger partial charge < -0.3 is 9.80 Å². The molecule has 1 aromatic rings. The molecule has 0 atom stereocenters. The number of rotatable bonds is 8. The van der Waals surface area contributed by atoms with E-state index in [1.165, 1.54) is 9.87 Å². The zero-order chi connectivity index (χ0) is 22.8. The molecule has 1 saturated carbocycles. The molecule has 1 aromatic heterocycles. The Hall–Kier alpha value is -1.17. The largest absolute Gasteiger partial charge is 0.354 e. The quantitative estimate of drug-likeness (QED) is 0.386. The molecule has 3 heterocycles. The standard InChI is InChI=1S/C22H35N5O4S.2ClH/c1-2-3-4-18-5-8-20(23-17-18)26-13-15-27(16-14-26)32(30,31)22(21(28)24-29)9-11-25(12-10-22)19-6-7-19;;/h5,8,17,19,29H,2-4,6-7,9-16H2,1H3,(H,24,28);2*1H. The van der Waals surface area contributed by atoms with E-state index < -0.39 is 20.7 Å². The molecule has 0 unspecified atom stereocenters. The minimum Gasteiger partial charge on any atom is -0.354 e. The number of nitrogens with one attached hydrogen (secondary N) is 1. The van der Waals surface area contributed by atoms with Crippen LogP contribution in [-0.4, -0.2) is 83.8 Å². The van der Waals surface area contributed by atoms with E-state index in [0.29, 0.717) is 45.3 Å². The number of sulfonamides is 1. The number of unbranched alkanes of at least 4 members (excludes halogenated alkanes) is 1. The highest BCUT2D eigenvalue weighted by Gasteiger charge is 2.55. The van der Waals surface area contributed by atoms with Gasteiger partial charge in [-0.05, 0) is 50.2 Å². The Morgan fingerprint density at radius 1 is 1.12 bits per heavy atom. The Morgan fingerprint density at radius 3 is 2.26 bits per heavy atom. The van der Waals surface area contributed by atoms with Crippen molar-refractivity contribution in [2.24, 2.45) is 0 Å². The second-order valence-electron chi connectivity index (χ2n) is 9.22. The summed E-state index contributed by atoms with van der Waals surface area (Å²) in [5.74, 6) is 0.0440. The van der Waals surface area contributed by atoms with Crippen LogP contribution in [0, 0.1) is 0 Å². The fourth-order valence-corrected chi connectivity index (χ4v) is 7.05. The number of carbonyl (C=O) groups excluding carboxylic acids is 1. The van der Waals surface area contributed by atoms with Gasteiger partial charge in [-0.15, -0.1) is 24.8 Å². The van der Waals surface area contributed by atoms with Crippen LogP contribution >= 0.6 is 24.8 Å². The molecule has 2 saturated heterocycles. The zero-order valence-electron chi connectivity index (χ0n) is 19.7. The third-order valence-corrected chi connectivity index (χ3v) is 9.83. The van der Waals surface area contributed by atoms with Crippen LogP contribution in [0.5, 0.6) is 0 Å². The number of likely N-dealkylation sites (tertiary alicyclic amines) is 1. The zero-order valence-corrected chi connectivity index (χ0v) is 22.1. The number of hydroxylamine groups is 1. The molecule has 1 aliphatic carbocycles. The maximum Gasteiger partial charge on any atom is 0.266 e. The summed E-state index contributed by atoms with van der Waals surface area (Å²) >= 11 is 0. The van der Waals surface area contributed by atoms with Crippen molar-refractivity contribution in [1.82, 2.24) is 19.7 Å². The molecule has 3 fully saturated rings. The molecule has 9 nitrogen and oxygen atoms in total. The van der Waals surface area contributed by atoms with Crippen molar-refractivity contribution < 1.29 is 18.4 Å². The van der Waals surface area contributed by atoms with Gasteiger partial charge in [0.25, 0.3) is 5.91 Å². The Balaban J connectivity index is 0.00000204. The molecule has 2 N–H and O–H groups in total. The summed E-state index contributed by atoms with van der Waals surface area (Å²) in [5.41, 5.74) is 2.87. The van der Waals surface area contributed by atoms with Crippen LogP contribution in [-0.2, 0) is 21.2 Å². The van der Waals surface area contributed by atoms with Gasteiger partial charge >= 0.3 is 0 Å². The third-order valence-electron chi connectivity index (χ3n) is 7.21. The number of aromatic nitrogens is 1. The summed E-state index contributed by atoms with van der Waals surface area (Å²) in [7, 11) is -3.92. The lowest BCUT2D eigenvalue weighted by atomic mass is 9.95. The van der Waals surface area contributed by atoms with Gasteiger partial charge in [0.15, 0.2) is 4.75 Å². The lowest BCUT2D eigenvalue weighted by Gasteiger charge is -2.44. The van der Waals surface area contributed by atoms with Crippen molar-refractivity contribution in [3.05, 3.63) is 23.9 Å². The Labute approximate surface area is 215 Å². The smallest absolute Gasteiger partial charge is 0.266 e. The highest BCUT2D eigenvalue weighted by molar-refractivity contribution is 7.91. The topological polar surface area (TPSA) is 106 Å². The number of hydrogen-bond acceptors (Lipinski definition) is 7. The number of hydrogen-bond donors (Lipinski definition) is 2. The van der Waals surface area contributed by atoms with E-state index in [2.05, 4.69) is 27.8 Å². The van der Waals surface area contributed by atoms with Crippen LogP contribution in [0.3, 0.4) is 0 Å². The minimum atomic E-state index is -3.92. The first-order valence-corrected chi connectivity index (χ1v) is 13.2. The van der Waals surface area contributed by atoms with Gasteiger partial charge in [-0.25, -0.2) is 18.9 Å². The van der Waals surface area contributed by atoms with E-state index in [1.807, 2.05) is 12.3 Å². The summed E-state index contributed by atoms with van der Waals surface area (Å²) in [4.78, 5) is 21.6. The van der Waals surface area contributed by atoms with Crippen molar-refractivity contribution >= 4 is 46.6 Å². The lowest BCUT2D eigenvalue weighted by Crippen LogP contribution is -2.63. The molecular formula is C22H37Cl2N5O4S. The molecule has 0 radical (unpaired) electrons. The SMILES string of the molecule is CCCCc1ccc(N2CCN(S(=O)(=O)C3(C(=O)NO)CCN(C4CC4)CC3)CC2)nc1.Cl.Cl. The Morgan fingerprint density at radius 2 is 1.76 bits per heavy atom. The Kier molecular flexibility index (Phi) is 10.4. The molecule has 3 aliphatic rings. The molecular weight excluding hydrogens is 501 g/mol. The predicted octanol–water partition coefficient (Wildman–Crippen LogP) is 2.22. The van der Waals surface area contributed by atoms with E-state index in [1.54, 1.807) is 5.48 Å². The molecule has 12 heteroatoms. The molecule has 2 aliphatic heterocycles. The van der Waals surface area contributed by atoms with Crippen molar-refractivity contribution in [1.29, 1.82) is 0 Å². The van der Waals surface area contributed by atoms with Gasteiger partial charge in [0.2, 0.25) is 10.0 Å². The highest BCUT2D eigenvalue weighted by atomic mass is 35.5. The molecule has 34 heavy (non-hydrogen) atoms. The summed E-state index contributed by atoms with van der Waals surface area (Å²) in [6, 6.07) is 4.62. The summed E-state index contributed by atoms with van der Waals surface area (Å²) in [5, 5.41) is 9.36. The third kappa shape index (κ3) is 5.79. The molecule has 1 amide bonds. The fraction of sp³-hybridized carbons (Fsp3) is 0.727. The lowest BCUT2D eigenvalue weighted by molar-refractivity contribution is -0.133. The van der Waals surface area contributed by atoms with Crippen LogP contribution < -0.4 is 10.4 Å². The highest BCUT2D eigenvalue weighted by Crippen LogP contribution is 2.38. The first-order valence-electron chi connectivity index (χ1n) is 11.8. The minimum absolute atomic E-state index is 0. The van der Waals surface area contributed by atoms with Crippen LogP contribution in [0.2, 0.25) is 0 Å². The number of halogens is 2. The second-order valence-corrected chi connectivity index (χ2v) is 11.5. The number of nitrogens with zero attached hydrogens (tertiary/aromatic N) is 4. The molecule has 0 aromatic carbocycles. The fourth-order valence-electron chi connectivity index (χ4n) is 4.93. The van der Waals surface area contributed by atoms with Crippen LogP contribution in [0.15, 0.2) is 18.3 Å². The summed E-state index contributed by atoms with van der Waals surface area (Å²) < 4.78 is 27.1. The van der Waals surface area contributed by atoms with Crippen molar-refractivity contribution in [2.45, 2.75) is 62.7 Å². The number of anilines is 1. The van der Waals surface area contributed by atoms with Gasteiger partial charge in [-0.3, -0.25) is 10.0 Å². The van der Waals surface area contributed by atoms with E-state index >= 15 is 0 Å². The van der Waals surface area contributed by atoms with E-state index in [-0.39, 0.29) is 37.7 Å². The molecule has 194 valence electrons. The average Bonchev–Trinajstić information content (AvgIpc) is 3.68. The van der Waals surface area contributed by atoms with Crippen molar-refractivity contribution in [3.63, 3.8) is 0 Å². The van der Waals surface area contributed by atoms with E-state index in [9.17, 15) is 18.4 Å². The monoisotopic (exact) mass is 537 g/mol. The first kappa shape index (κ1) is 29.1. The number of pyridine rings is 1. The summed E-state index contributed by atoms with van der Waals surface area (Å²) in [6.45, 7) is 4.93. The number of carbonyl (C=O) groups is 1. The maximum atomic E-state index is 13.6. The van der Waals surface area contributed by atoms with Gasteiger partial charge in [-0.2, -0.15) is 4.31 Å². The van der Waals surface area contributed by atoms with E-state index in [0.717, 1.165) is 37.9 Å². The van der Waals surface area contributed by atoms with Crippen molar-refractivity contribution in [3.8, 4) is 0 Å².